The second-order valence-corrected chi connectivity index (χ2v) is 7.58. The average Bonchev–Trinajstić information content (AvgIpc) is 3.18. The molecule has 0 aliphatic carbocycles. The van der Waals surface area contributed by atoms with Gasteiger partial charge < -0.3 is 5.32 Å². The van der Waals surface area contributed by atoms with Gasteiger partial charge in [-0.3, -0.25) is 5.32 Å². The second kappa shape index (κ2) is 9.52. The van der Waals surface area contributed by atoms with E-state index in [0.717, 1.165) is 27.7 Å². The molecule has 0 spiro atoms. The van der Waals surface area contributed by atoms with Crippen molar-refractivity contribution in [2.24, 2.45) is 5.10 Å². The van der Waals surface area contributed by atoms with Crippen molar-refractivity contribution in [3.63, 3.8) is 0 Å². The maximum Gasteiger partial charge on any atom is 0.326 e. The van der Waals surface area contributed by atoms with E-state index in [2.05, 4.69) is 36.6 Å². The van der Waals surface area contributed by atoms with Gasteiger partial charge in [-0.25, -0.2) is 23.2 Å². The summed E-state index contributed by atoms with van der Waals surface area (Å²) in [6.07, 6.45) is 3.28. The summed E-state index contributed by atoms with van der Waals surface area (Å²) >= 11 is 3.39. The van der Waals surface area contributed by atoms with Gasteiger partial charge >= 0.3 is 6.03 Å². The highest BCUT2D eigenvalue weighted by Gasteiger charge is 2.14. The molecule has 0 unspecified atom stereocenters. The average molecular weight is 496 g/mol. The highest BCUT2D eigenvalue weighted by molar-refractivity contribution is 9.10. The van der Waals surface area contributed by atoms with Crippen molar-refractivity contribution >= 4 is 39.8 Å². The first-order valence-corrected chi connectivity index (χ1v) is 10.2. The number of hydrogen-bond donors (Lipinski definition) is 2. The summed E-state index contributed by atoms with van der Waals surface area (Å²) in [6, 6.07) is 19.0. The SMILES string of the molecule is O=C(Nc1ccc(F)cc1F)Nc1nc(-c2ccc(Br)cc2)cn1/N=C/c1ccccc1. The van der Waals surface area contributed by atoms with Crippen LogP contribution in [-0.2, 0) is 0 Å². The van der Waals surface area contributed by atoms with E-state index < -0.39 is 17.7 Å². The molecular weight excluding hydrogens is 480 g/mol. The van der Waals surface area contributed by atoms with Crippen LogP contribution in [0.15, 0.2) is 88.6 Å². The van der Waals surface area contributed by atoms with Crippen LogP contribution in [0.3, 0.4) is 0 Å². The van der Waals surface area contributed by atoms with Crippen molar-refractivity contribution in [1.29, 1.82) is 0 Å². The van der Waals surface area contributed by atoms with E-state index in [0.29, 0.717) is 11.8 Å². The fourth-order valence-electron chi connectivity index (χ4n) is 2.82. The quantitative estimate of drug-likeness (QED) is 0.327. The molecule has 0 saturated heterocycles. The fourth-order valence-corrected chi connectivity index (χ4v) is 3.08. The lowest BCUT2D eigenvalue weighted by Crippen LogP contribution is -2.22. The predicted octanol–water partition coefficient (Wildman–Crippen LogP) is 6.12. The van der Waals surface area contributed by atoms with E-state index >= 15 is 0 Å². The summed E-state index contributed by atoms with van der Waals surface area (Å²) in [6.45, 7) is 0. The minimum absolute atomic E-state index is 0.120. The molecule has 9 heteroatoms. The van der Waals surface area contributed by atoms with Crippen LogP contribution < -0.4 is 10.6 Å². The third-order valence-electron chi connectivity index (χ3n) is 4.36. The Morgan fingerprint density at radius 2 is 1.75 bits per heavy atom. The van der Waals surface area contributed by atoms with Crippen molar-refractivity contribution in [1.82, 2.24) is 9.66 Å². The van der Waals surface area contributed by atoms with Crippen molar-refractivity contribution in [3.8, 4) is 11.3 Å². The number of benzene rings is 3. The number of aromatic nitrogens is 2. The van der Waals surface area contributed by atoms with E-state index in [4.69, 9.17) is 0 Å². The molecule has 32 heavy (non-hydrogen) atoms. The molecule has 0 atom stereocenters. The summed E-state index contributed by atoms with van der Waals surface area (Å²) in [4.78, 5) is 16.9. The van der Waals surface area contributed by atoms with Crippen LogP contribution in [0.5, 0.6) is 0 Å². The molecule has 3 aromatic carbocycles. The number of carbonyl (C=O) groups is 1. The number of hydrogen-bond acceptors (Lipinski definition) is 3. The van der Waals surface area contributed by atoms with Crippen molar-refractivity contribution < 1.29 is 13.6 Å². The molecular formula is C23H16BrF2N5O. The number of amides is 2. The second-order valence-electron chi connectivity index (χ2n) is 6.66. The molecule has 0 bridgehead atoms. The lowest BCUT2D eigenvalue weighted by atomic mass is 10.2. The normalized spacial score (nSPS) is 11.0. The Morgan fingerprint density at radius 3 is 2.47 bits per heavy atom. The molecule has 160 valence electrons. The Morgan fingerprint density at radius 1 is 1.00 bits per heavy atom. The molecule has 6 nitrogen and oxygen atoms in total. The Hall–Kier alpha value is -3.85. The molecule has 0 fully saturated rings. The number of imidazole rings is 1. The molecule has 0 aliphatic heterocycles. The molecule has 1 heterocycles. The van der Waals surface area contributed by atoms with Crippen molar-refractivity contribution in [2.45, 2.75) is 0 Å². The zero-order valence-corrected chi connectivity index (χ0v) is 18.1. The standard InChI is InChI=1S/C23H16BrF2N5O/c24-17-8-6-16(7-9-17)21-14-31(27-13-15-4-2-1-3-5-15)22(28-21)30-23(32)29-20-11-10-18(25)12-19(20)26/h1-14H,(H2,28,29,30,32)/b27-13+. The third-order valence-corrected chi connectivity index (χ3v) is 4.89. The Bertz CT molecular complexity index is 1270. The number of halogens is 3. The Labute approximate surface area is 190 Å². The fraction of sp³-hybridized carbons (Fsp3) is 0. The van der Waals surface area contributed by atoms with Crippen LogP contribution in [0.25, 0.3) is 11.3 Å². The number of nitrogens with one attached hydrogen (secondary N) is 2. The molecule has 2 amide bonds. The molecule has 0 aliphatic rings. The number of anilines is 2. The van der Waals surface area contributed by atoms with E-state index in [-0.39, 0.29) is 11.6 Å². The van der Waals surface area contributed by atoms with E-state index in [9.17, 15) is 13.6 Å². The third kappa shape index (κ3) is 5.25. The zero-order chi connectivity index (χ0) is 22.5. The smallest absolute Gasteiger partial charge is 0.305 e. The largest absolute Gasteiger partial charge is 0.326 e. The van der Waals surface area contributed by atoms with Crippen LogP contribution in [0, 0.1) is 11.6 Å². The van der Waals surface area contributed by atoms with Crippen LogP contribution in [0.2, 0.25) is 0 Å². The minimum atomic E-state index is -0.888. The highest BCUT2D eigenvalue weighted by atomic mass is 79.9. The first-order valence-electron chi connectivity index (χ1n) is 9.46. The van der Waals surface area contributed by atoms with Gasteiger partial charge in [0.2, 0.25) is 5.95 Å². The van der Waals surface area contributed by atoms with Gasteiger partial charge in [0.25, 0.3) is 0 Å². The van der Waals surface area contributed by atoms with E-state index in [1.54, 1.807) is 12.4 Å². The first-order chi connectivity index (χ1) is 15.5. The van der Waals surface area contributed by atoms with Crippen LogP contribution >= 0.6 is 15.9 Å². The monoisotopic (exact) mass is 495 g/mol. The maximum atomic E-state index is 13.9. The molecule has 0 radical (unpaired) electrons. The van der Waals surface area contributed by atoms with Crippen LogP contribution in [0.4, 0.5) is 25.2 Å². The topological polar surface area (TPSA) is 71.3 Å². The Balaban J connectivity index is 1.61. The van der Waals surface area contributed by atoms with E-state index in [1.165, 1.54) is 4.68 Å². The maximum absolute atomic E-state index is 13.9. The van der Waals surface area contributed by atoms with Gasteiger partial charge in [0.15, 0.2) is 0 Å². The molecule has 4 aromatic rings. The summed E-state index contributed by atoms with van der Waals surface area (Å²) < 4.78 is 29.3. The van der Waals surface area contributed by atoms with Crippen LogP contribution in [-0.4, -0.2) is 21.9 Å². The summed E-state index contributed by atoms with van der Waals surface area (Å²) in [5.74, 6) is -1.50. The number of carbonyl (C=O) groups excluding carboxylic acids is 1. The van der Waals surface area contributed by atoms with Crippen molar-refractivity contribution in [2.75, 3.05) is 10.6 Å². The van der Waals surface area contributed by atoms with Crippen LogP contribution in [0.1, 0.15) is 5.56 Å². The highest BCUT2D eigenvalue weighted by Crippen LogP contribution is 2.23. The van der Waals surface area contributed by atoms with Crippen molar-refractivity contribution in [3.05, 3.63) is 101 Å². The summed E-state index contributed by atoms with van der Waals surface area (Å²) in [5.41, 5.74) is 2.08. The predicted molar refractivity (Wildman–Crippen MR) is 124 cm³/mol. The van der Waals surface area contributed by atoms with Gasteiger partial charge in [-0.1, -0.05) is 58.4 Å². The van der Waals surface area contributed by atoms with E-state index in [1.807, 2.05) is 54.6 Å². The molecule has 2 N–H and O–H groups in total. The lowest BCUT2D eigenvalue weighted by Gasteiger charge is -2.08. The van der Waals surface area contributed by atoms with Gasteiger partial charge in [0, 0.05) is 16.1 Å². The van der Waals surface area contributed by atoms with Gasteiger partial charge in [0.1, 0.15) is 11.6 Å². The first kappa shape index (κ1) is 21.4. The van der Waals surface area contributed by atoms with Gasteiger partial charge in [-0.15, -0.1) is 0 Å². The van der Waals surface area contributed by atoms with Gasteiger partial charge in [-0.05, 0) is 29.8 Å². The summed E-state index contributed by atoms with van der Waals surface area (Å²) in [7, 11) is 0. The summed E-state index contributed by atoms with van der Waals surface area (Å²) in [5, 5.41) is 9.28. The molecule has 0 saturated carbocycles. The van der Waals surface area contributed by atoms with Gasteiger partial charge in [0.05, 0.1) is 23.8 Å². The molecule has 1 aromatic heterocycles. The number of rotatable bonds is 5. The molecule has 4 rings (SSSR count). The number of nitrogens with zero attached hydrogens (tertiary/aromatic N) is 3. The lowest BCUT2D eigenvalue weighted by molar-refractivity contribution is 0.262. The number of urea groups is 1. The van der Waals surface area contributed by atoms with Gasteiger partial charge in [-0.2, -0.15) is 5.10 Å². The Kier molecular flexibility index (Phi) is 6.37. The zero-order valence-electron chi connectivity index (χ0n) is 16.5. The minimum Gasteiger partial charge on any atom is -0.305 e.